The van der Waals surface area contributed by atoms with Crippen molar-refractivity contribution in [2.45, 2.75) is 5.41 Å². The second kappa shape index (κ2) is 10.7. The van der Waals surface area contributed by atoms with Crippen molar-refractivity contribution in [1.29, 1.82) is 0 Å². The molecule has 3 aliphatic rings. The van der Waals surface area contributed by atoms with Gasteiger partial charge in [0.05, 0.1) is 0 Å². The van der Waals surface area contributed by atoms with Crippen molar-refractivity contribution >= 4 is 38.9 Å². The van der Waals surface area contributed by atoms with Gasteiger partial charge in [-0.1, -0.05) is 96.1 Å². The number of benzene rings is 6. The molecule has 242 valence electrons. The average molecular weight is 823 g/mol. The molecule has 0 bridgehead atoms. The Balaban J connectivity index is 0.00000316. The number of anilines is 3. The van der Waals surface area contributed by atoms with Crippen molar-refractivity contribution in [1.82, 2.24) is 9.55 Å². The van der Waals surface area contributed by atoms with E-state index < -0.39 is 5.41 Å². The number of para-hydroxylation sites is 2. The SMILES string of the molecule is CN1[CH-]N2c3[c-]c(Oc4[c-]c5c(cc4)c4ccccc4n5-c4ccccn4)ccc3C3(c4ccccc4-c4ccccc43)c3cccc1c32.[Pt]. The summed E-state index contributed by atoms with van der Waals surface area (Å²) in [6, 6.07) is 54.6. The van der Waals surface area contributed by atoms with E-state index in [0.29, 0.717) is 11.5 Å². The molecule has 0 unspecified atom stereocenters. The molecule has 1 aliphatic carbocycles. The molecule has 0 N–H and O–H groups in total. The topological polar surface area (TPSA) is 33.5 Å². The first-order chi connectivity index (χ1) is 24.2. The molecule has 50 heavy (non-hydrogen) atoms. The van der Waals surface area contributed by atoms with Crippen molar-refractivity contribution in [2.24, 2.45) is 0 Å². The summed E-state index contributed by atoms with van der Waals surface area (Å²) in [5.74, 6) is 2.09. The molecule has 0 radical (unpaired) electrons. The van der Waals surface area contributed by atoms with Gasteiger partial charge < -0.3 is 19.1 Å². The van der Waals surface area contributed by atoms with Gasteiger partial charge in [-0.15, -0.1) is 35.2 Å². The summed E-state index contributed by atoms with van der Waals surface area (Å²) in [4.78, 5) is 9.17. The summed E-state index contributed by atoms with van der Waals surface area (Å²) in [6.45, 7) is 2.16. The van der Waals surface area contributed by atoms with Gasteiger partial charge in [0, 0.05) is 61.1 Å². The molecule has 6 aromatic carbocycles. The Morgan fingerprint density at radius 1 is 0.640 bits per heavy atom. The minimum Gasteiger partial charge on any atom is -0.509 e. The Hall–Kier alpha value is -5.64. The van der Waals surface area contributed by atoms with Gasteiger partial charge >= 0.3 is 0 Å². The van der Waals surface area contributed by atoms with Gasteiger partial charge in [0.2, 0.25) is 0 Å². The van der Waals surface area contributed by atoms with E-state index in [1.165, 1.54) is 44.8 Å². The fourth-order valence-electron chi connectivity index (χ4n) is 8.59. The monoisotopic (exact) mass is 822 g/mol. The van der Waals surface area contributed by atoms with Crippen LogP contribution in [-0.4, -0.2) is 16.6 Å². The zero-order valence-corrected chi connectivity index (χ0v) is 29.1. The Kier molecular flexibility index (Phi) is 6.25. The molecule has 0 fully saturated rings. The van der Waals surface area contributed by atoms with Crippen LogP contribution in [0.15, 0.2) is 140 Å². The number of hydrogen-bond donors (Lipinski definition) is 0. The quantitative estimate of drug-likeness (QED) is 0.166. The van der Waals surface area contributed by atoms with E-state index in [1.54, 1.807) is 0 Å². The smallest absolute Gasteiger partial charge is 0.135 e. The minimum absolute atomic E-state index is 0. The van der Waals surface area contributed by atoms with Crippen molar-refractivity contribution in [2.75, 3.05) is 16.8 Å². The van der Waals surface area contributed by atoms with Crippen molar-refractivity contribution in [3.63, 3.8) is 0 Å². The van der Waals surface area contributed by atoms with E-state index in [-0.39, 0.29) is 21.1 Å². The average Bonchev–Trinajstić information content (AvgIpc) is 3.77. The second-order valence-electron chi connectivity index (χ2n) is 12.9. The number of fused-ring (bicyclic) bond motifs is 12. The molecule has 11 rings (SSSR count). The summed E-state index contributed by atoms with van der Waals surface area (Å²) in [7, 11) is 2.11. The van der Waals surface area contributed by atoms with E-state index in [4.69, 9.17) is 4.74 Å². The third kappa shape index (κ3) is 3.73. The minimum atomic E-state index is -0.493. The van der Waals surface area contributed by atoms with Gasteiger partial charge in [-0.25, -0.2) is 4.98 Å². The van der Waals surface area contributed by atoms with E-state index in [1.807, 2.05) is 30.5 Å². The molecular formula is C44H27N4OPt-3. The number of aromatic nitrogens is 2. The maximum atomic E-state index is 6.66. The number of rotatable bonds is 3. The Morgan fingerprint density at radius 3 is 2.14 bits per heavy atom. The number of ether oxygens (including phenoxy) is 1. The van der Waals surface area contributed by atoms with Crippen LogP contribution in [0.1, 0.15) is 22.3 Å². The fourth-order valence-corrected chi connectivity index (χ4v) is 8.59. The van der Waals surface area contributed by atoms with Crippen molar-refractivity contribution < 1.29 is 25.8 Å². The van der Waals surface area contributed by atoms with Gasteiger partial charge in [0.1, 0.15) is 5.82 Å². The standard InChI is InChI=1S/C44H27N4O.Pt/c1-46-27-47-41-26-29(49-28-20-22-33-32-13-4-7-17-38(32)48(40(33)25-28)42-19-8-9-24-45-42)21-23-36(41)44(37-16-10-18-39(46)43(37)47)34-14-5-2-11-30(34)31-12-3-6-15-35(31)44;/h2-24,27H,1H3;/q-3;. The maximum absolute atomic E-state index is 6.66. The van der Waals surface area contributed by atoms with Crippen LogP contribution in [0, 0.1) is 18.8 Å². The molecule has 8 aromatic rings. The molecular weight excluding hydrogens is 796 g/mol. The predicted octanol–water partition coefficient (Wildman–Crippen LogP) is 9.95. The Labute approximate surface area is 304 Å². The van der Waals surface area contributed by atoms with Gasteiger partial charge in [0.25, 0.3) is 0 Å². The van der Waals surface area contributed by atoms with Gasteiger partial charge in [0.15, 0.2) is 0 Å². The van der Waals surface area contributed by atoms with Crippen LogP contribution in [0.3, 0.4) is 0 Å². The van der Waals surface area contributed by atoms with Crippen LogP contribution in [0.25, 0.3) is 38.8 Å². The van der Waals surface area contributed by atoms with Gasteiger partial charge in [-0.2, -0.15) is 18.8 Å². The van der Waals surface area contributed by atoms with Gasteiger partial charge in [-0.05, 0) is 64.5 Å². The molecule has 5 nitrogen and oxygen atoms in total. The van der Waals surface area contributed by atoms with E-state index in [0.717, 1.165) is 33.3 Å². The normalized spacial score (nSPS) is 14.3. The summed E-state index contributed by atoms with van der Waals surface area (Å²) in [6.07, 6.45) is 1.82. The molecule has 0 saturated carbocycles. The molecule has 4 heterocycles. The molecule has 0 amide bonds. The maximum Gasteiger partial charge on any atom is 0.135 e. The van der Waals surface area contributed by atoms with E-state index >= 15 is 0 Å². The molecule has 2 aliphatic heterocycles. The Bertz CT molecular complexity index is 2620. The van der Waals surface area contributed by atoms with Crippen LogP contribution in [0.4, 0.5) is 17.1 Å². The first kappa shape index (κ1) is 29.3. The molecule has 6 heteroatoms. The number of pyridine rings is 1. The zero-order chi connectivity index (χ0) is 32.3. The number of nitrogens with zero attached hydrogens (tertiary/aromatic N) is 4. The fraction of sp³-hybridized carbons (Fsp3) is 0.0455. The van der Waals surface area contributed by atoms with Crippen molar-refractivity contribution in [3.05, 3.63) is 181 Å². The molecule has 0 atom stereocenters. The van der Waals surface area contributed by atoms with Gasteiger partial charge in [-0.3, -0.25) is 0 Å². The molecule has 2 aromatic heterocycles. The van der Waals surface area contributed by atoms with E-state index in [2.05, 4.69) is 154 Å². The first-order valence-corrected chi connectivity index (χ1v) is 16.5. The zero-order valence-electron chi connectivity index (χ0n) is 26.9. The largest absolute Gasteiger partial charge is 0.509 e. The summed E-state index contributed by atoms with van der Waals surface area (Å²) in [5, 5.41) is 2.25. The van der Waals surface area contributed by atoms with Crippen LogP contribution in [-0.2, 0) is 26.5 Å². The molecule has 1 spiro atoms. The predicted molar refractivity (Wildman–Crippen MR) is 195 cm³/mol. The summed E-state index contributed by atoms with van der Waals surface area (Å²) in [5.41, 5.74) is 12.4. The molecule has 0 saturated heterocycles. The summed E-state index contributed by atoms with van der Waals surface area (Å²) < 4.78 is 8.81. The van der Waals surface area contributed by atoms with Crippen molar-refractivity contribution in [3.8, 4) is 28.4 Å². The first-order valence-electron chi connectivity index (χ1n) is 16.5. The number of hydrogen-bond acceptors (Lipinski definition) is 4. The third-order valence-corrected chi connectivity index (χ3v) is 10.5. The van der Waals surface area contributed by atoms with Crippen LogP contribution in [0.2, 0.25) is 0 Å². The Morgan fingerprint density at radius 2 is 1.34 bits per heavy atom. The van der Waals surface area contributed by atoms with Crippen LogP contribution < -0.4 is 14.5 Å². The van der Waals surface area contributed by atoms with Crippen LogP contribution >= 0.6 is 0 Å². The summed E-state index contributed by atoms with van der Waals surface area (Å²) >= 11 is 0. The van der Waals surface area contributed by atoms with Crippen LogP contribution in [0.5, 0.6) is 11.5 Å². The third-order valence-electron chi connectivity index (χ3n) is 10.5. The second-order valence-corrected chi connectivity index (χ2v) is 12.9. The van der Waals surface area contributed by atoms with E-state index in [9.17, 15) is 0 Å².